The average molecular weight is 370 g/mol. The second-order valence-corrected chi connectivity index (χ2v) is 5.50. The topological polar surface area (TPSA) is 90.5 Å². The molecule has 2 rings (SSSR count). The van der Waals surface area contributed by atoms with Crippen molar-refractivity contribution in [2.75, 3.05) is 29.6 Å². The van der Waals surface area contributed by atoms with Gasteiger partial charge in [0.25, 0.3) is 5.91 Å². The standard InChI is InChI=1S/C19H19FN4O3/c1-4-17(25)24(3)14-8-5-12(6-9-14)18(26)22-13-7-10-15(20)16(11-13)23-19(27)21-2/h4-11H,1H2,2-3H3,(H,22,26)(H2,21,23,27). The summed E-state index contributed by atoms with van der Waals surface area (Å²) in [5, 5.41) is 7.27. The van der Waals surface area contributed by atoms with E-state index >= 15 is 0 Å². The first kappa shape index (κ1) is 19.6. The van der Waals surface area contributed by atoms with Gasteiger partial charge in [0, 0.05) is 31.0 Å². The van der Waals surface area contributed by atoms with Gasteiger partial charge in [-0.25, -0.2) is 9.18 Å². The Kier molecular flexibility index (Phi) is 6.27. The first-order valence-corrected chi connectivity index (χ1v) is 7.95. The molecule has 0 aromatic heterocycles. The summed E-state index contributed by atoms with van der Waals surface area (Å²) in [6.45, 7) is 3.42. The van der Waals surface area contributed by atoms with Gasteiger partial charge >= 0.3 is 6.03 Å². The Bertz CT molecular complexity index is 881. The second kappa shape index (κ2) is 8.61. The molecule has 0 atom stereocenters. The number of nitrogens with one attached hydrogen (secondary N) is 3. The predicted octanol–water partition coefficient (Wildman–Crippen LogP) is 2.98. The SMILES string of the molecule is C=CC(=O)N(C)c1ccc(C(=O)Nc2ccc(F)c(NC(=O)NC)c2)cc1. The fraction of sp³-hybridized carbons (Fsp3) is 0.105. The number of nitrogens with zero attached hydrogens (tertiary/aromatic N) is 1. The quantitative estimate of drug-likeness (QED) is 0.707. The van der Waals surface area contributed by atoms with Crippen LogP contribution in [0.25, 0.3) is 0 Å². The van der Waals surface area contributed by atoms with E-state index in [1.165, 1.54) is 30.2 Å². The van der Waals surface area contributed by atoms with Crippen LogP contribution in [0.2, 0.25) is 0 Å². The molecule has 2 aromatic rings. The first-order chi connectivity index (χ1) is 12.8. The zero-order valence-electron chi connectivity index (χ0n) is 14.9. The van der Waals surface area contributed by atoms with Gasteiger partial charge in [0.2, 0.25) is 5.91 Å². The molecule has 0 saturated heterocycles. The third-order valence-electron chi connectivity index (χ3n) is 3.72. The molecule has 0 saturated carbocycles. The summed E-state index contributed by atoms with van der Waals surface area (Å²) in [6, 6.07) is 9.63. The van der Waals surface area contributed by atoms with Gasteiger partial charge in [0.05, 0.1) is 5.69 Å². The zero-order chi connectivity index (χ0) is 20.0. The van der Waals surface area contributed by atoms with Crippen LogP contribution >= 0.6 is 0 Å². The number of hydrogen-bond donors (Lipinski definition) is 3. The Morgan fingerprint density at radius 2 is 1.74 bits per heavy atom. The van der Waals surface area contributed by atoms with Crippen molar-refractivity contribution in [2.45, 2.75) is 0 Å². The number of rotatable bonds is 5. The number of likely N-dealkylation sites (N-methyl/N-ethyl adjacent to an activating group) is 1. The number of halogens is 1. The van der Waals surface area contributed by atoms with Crippen LogP contribution in [-0.4, -0.2) is 31.9 Å². The Morgan fingerprint density at radius 1 is 1.07 bits per heavy atom. The lowest BCUT2D eigenvalue weighted by Gasteiger charge is -2.15. The van der Waals surface area contributed by atoms with E-state index in [0.29, 0.717) is 16.9 Å². The summed E-state index contributed by atoms with van der Waals surface area (Å²) in [5.74, 6) is -1.32. The Balaban J connectivity index is 2.13. The summed E-state index contributed by atoms with van der Waals surface area (Å²) in [6.07, 6.45) is 1.19. The second-order valence-electron chi connectivity index (χ2n) is 5.50. The van der Waals surface area contributed by atoms with Crippen LogP contribution in [0, 0.1) is 5.82 Å². The van der Waals surface area contributed by atoms with Crippen molar-refractivity contribution in [3.63, 3.8) is 0 Å². The molecule has 0 radical (unpaired) electrons. The van der Waals surface area contributed by atoms with E-state index in [2.05, 4.69) is 22.5 Å². The molecule has 8 heteroatoms. The number of anilines is 3. The maximum absolute atomic E-state index is 13.7. The van der Waals surface area contributed by atoms with Gasteiger partial charge < -0.3 is 20.9 Å². The third-order valence-corrected chi connectivity index (χ3v) is 3.72. The molecule has 27 heavy (non-hydrogen) atoms. The summed E-state index contributed by atoms with van der Waals surface area (Å²) in [5.41, 5.74) is 1.21. The minimum atomic E-state index is -0.629. The maximum atomic E-state index is 13.7. The number of amides is 4. The molecule has 0 spiro atoms. The van der Waals surface area contributed by atoms with Gasteiger partial charge in [-0.3, -0.25) is 9.59 Å². The Morgan fingerprint density at radius 3 is 2.33 bits per heavy atom. The molecular weight excluding hydrogens is 351 g/mol. The number of hydrogen-bond acceptors (Lipinski definition) is 3. The van der Waals surface area contributed by atoms with E-state index in [1.807, 2.05) is 0 Å². The van der Waals surface area contributed by atoms with Crippen LogP contribution < -0.4 is 20.9 Å². The van der Waals surface area contributed by atoms with Crippen LogP contribution in [-0.2, 0) is 4.79 Å². The minimum absolute atomic E-state index is 0.0629. The number of carbonyl (C=O) groups excluding carboxylic acids is 3. The van der Waals surface area contributed by atoms with Gasteiger partial charge in [0.1, 0.15) is 5.82 Å². The minimum Gasteiger partial charge on any atom is -0.341 e. The summed E-state index contributed by atoms with van der Waals surface area (Å²) in [4.78, 5) is 36.7. The van der Waals surface area contributed by atoms with Crippen molar-refractivity contribution < 1.29 is 18.8 Å². The van der Waals surface area contributed by atoms with E-state index in [9.17, 15) is 18.8 Å². The molecule has 0 bridgehead atoms. The third kappa shape index (κ3) is 4.91. The van der Waals surface area contributed by atoms with Crippen molar-refractivity contribution >= 4 is 34.9 Å². The van der Waals surface area contributed by atoms with Crippen LogP contribution in [0.15, 0.2) is 55.1 Å². The molecular formula is C19H19FN4O3. The highest BCUT2D eigenvalue weighted by Crippen LogP contribution is 2.21. The fourth-order valence-electron chi connectivity index (χ4n) is 2.19. The molecule has 0 heterocycles. The highest BCUT2D eigenvalue weighted by molar-refractivity contribution is 6.05. The number of urea groups is 1. The smallest absolute Gasteiger partial charge is 0.319 e. The van der Waals surface area contributed by atoms with E-state index in [0.717, 1.165) is 6.07 Å². The fourth-order valence-corrected chi connectivity index (χ4v) is 2.19. The van der Waals surface area contributed by atoms with Crippen molar-refractivity contribution in [3.8, 4) is 0 Å². The van der Waals surface area contributed by atoms with E-state index in [-0.39, 0.29) is 11.6 Å². The van der Waals surface area contributed by atoms with E-state index in [4.69, 9.17) is 0 Å². The summed E-state index contributed by atoms with van der Waals surface area (Å²) < 4.78 is 13.7. The highest BCUT2D eigenvalue weighted by Gasteiger charge is 2.12. The van der Waals surface area contributed by atoms with Crippen molar-refractivity contribution in [1.29, 1.82) is 0 Å². The lowest BCUT2D eigenvalue weighted by Crippen LogP contribution is -2.25. The first-order valence-electron chi connectivity index (χ1n) is 7.95. The normalized spacial score (nSPS) is 9.89. The number of benzene rings is 2. The van der Waals surface area contributed by atoms with Crippen LogP contribution in [0.5, 0.6) is 0 Å². The van der Waals surface area contributed by atoms with Crippen LogP contribution in [0.4, 0.5) is 26.2 Å². The van der Waals surface area contributed by atoms with Crippen LogP contribution in [0.3, 0.4) is 0 Å². The van der Waals surface area contributed by atoms with Gasteiger partial charge in [-0.1, -0.05) is 6.58 Å². The highest BCUT2D eigenvalue weighted by atomic mass is 19.1. The van der Waals surface area contributed by atoms with Gasteiger partial charge in [0.15, 0.2) is 0 Å². The molecule has 0 fully saturated rings. The van der Waals surface area contributed by atoms with Gasteiger partial charge in [-0.15, -0.1) is 0 Å². The lowest BCUT2D eigenvalue weighted by molar-refractivity contribution is -0.113. The zero-order valence-corrected chi connectivity index (χ0v) is 14.9. The average Bonchev–Trinajstić information content (AvgIpc) is 2.69. The van der Waals surface area contributed by atoms with E-state index in [1.54, 1.807) is 31.3 Å². The predicted molar refractivity (Wildman–Crippen MR) is 102 cm³/mol. The monoisotopic (exact) mass is 370 g/mol. The largest absolute Gasteiger partial charge is 0.341 e. The number of carbonyl (C=O) groups is 3. The van der Waals surface area contributed by atoms with Crippen molar-refractivity contribution in [2.24, 2.45) is 0 Å². The molecule has 0 aliphatic heterocycles. The molecule has 0 aliphatic carbocycles. The maximum Gasteiger partial charge on any atom is 0.319 e. The van der Waals surface area contributed by atoms with Crippen molar-refractivity contribution in [1.82, 2.24) is 5.32 Å². The molecule has 0 aliphatic rings. The van der Waals surface area contributed by atoms with Crippen LogP contribution in [0.1, 0.15) is 10.4 Å². The van der Waals surface area contributed by atoms with Crippen molar-refractivity contribution in [3.05, 3.63) is 66.5 Å². The molecule has 7 nitrogen and oxygen atoms in total. The Hall–Kier alpha value is -3.68. The summed E-state index contributed by atoms with van der Waals surface area (Å²) >= 11 is 0. The van der Waals surface area contributed by atoms with E-state index < -0.39 is 17.8 Å². The van der Waals surface area contributed by atoms with Gasteiger partial charge in [-0.2, -0.15) is 0 Å². The molecule has 2 aromatic carbocycles. The molecule has 140 valence electrons. The Labute approximate surface area is 155 Å². The lowest BCUT2D eigenvalue weighted by atomic mass is 10.1. The van der Waals surface area contributed by atoms with Gasteiger partial charge in [-0.05, 0) is 48.5 Å². The molecule has 0 unspecified atom stereocenters. The molecule has 4 amide bonds. The molecule has 3 N–H and O–H groups in total. The summed E-state index contributed by atoms with van der Waals surface area (Å²) in [7, 11) is 3.00.